The standard InChI is InChI=1S/C46H47N5O5.ClH/c1-47-21-19-31-26-34(15-18-41(31)47)51(33-13-16-36(52)17-14-33)46(54)40-28-43(49-20-6-5-11-42(40)49)37-9-3-4-10-38(37)45(53)50-29-32-8-7-12-44(55-2)39(32)27-35(50)30-48-22-24-56-25-23-48;/h3-4,7-10,12-19,21,26,28,35,52H,5-6,11,20,22-25,27,29-30H2,1-2H3;1H/t35-;/m0./s1. The highest BCUT2D eigenvalue weighted by Crippen LogP contribution is 2.39. The topological polar surface area (TPSA) is 92.4 Å². The minimum atomic E-state index is -0.154. The van der Waals surface area contributed by atoms with Crippen molar-refractivity contribution in [2.45, 2.75) is 44.8 Å². The number of phenolic OH excluding ortho intramolecular Hbond substituents is 1. The third-order valence-electron chi connectivity index (χ3n) is 11.9. The second-order valence-electron chi connectivity index (χ2n) is 15.2. The number of fused-ring (bicyclic) bond motifs is 3. The second kappa shape index (κ2) is 16.1. The molecular weight excluding hydrogens is 738 g/mol. The number of morpholine rings is 1. The molecule has 10 nitrogen and oxygen atoms in total. The van der Waals surface area contributed by atoms with E-state index in [4.69, 9.17) is 9.47 Å². The molecule has 1 fully saturated rings. The number of phenols is 1. The van der Waals surface area contributed by atoms with Crippen LogP contribution in [0, 0.1) is 0 Å². The lowest BCUT2D eigenvalue weighted by Gasteiger charge is -2.41. The van der Waals surface area contributed by atoms with Crippen LogP contribution in [0.1, 0.15) is 50.4 Å². The predicted molar refractivity (Wildman–Crippen MR) is 225 cm³/mol. The van der Waals surface area contributed by atoms with Crippen molar-refractivity contribution in [3.8, 4) is 22.8 Å². The lowest BCUT2D eigenvalue weighted by molar-refractivity contribution is 0.0192. The van der Waals surface area contributed by atoms with Gasteiger partial charge in [0.05, 0.1) is 25.9 Å². The van der Waals surface area contributed by atoms with E-state index < -0.39 is 0 Å². The van der Waals surface area contributed by atoms with Gasteiger partial charge in [0, 0.05) is 102 Å². The maximum Gasteiger partial charge on any atom is 0.264 e. The number of halogens is 1. The molecular formula is C46H48ClN5O5. The minimum Gasteiger partial charge on any atom is -0.508 e. The van der Waals surface area contributed by atoms with Crippen LogP contribution in [-0.4, -0.2) is 81.9 Å². The van der Waals surface area contributed by atoms with Crippen molar-refractivity contribution in [1.82, 2.24) is 18.9 Å². The fraction of sp³-hybridized carbons (Fsp3) is 0.304. The van der Waals surface area contributed by atoms with Crippen LogP contribution < -0.4 is 9.64 Å². The van der Waals surface area contributed by atoms with Crippen LogP contribution >= 0.6 is 12.4 Å². The number of ether oxygens (including phenoxy) is 2. The van der Waals surface area contributed by atoms with Crippen molar-refractivity contribution in [1.29, 1.82) is 0 Å². The molecule has 9 rings (SSSR count). The molecule has 0 bridgehead atoms. The normalized spacial score (nSPS) is 16.7. The third kappa shape index (κ3) is 7.18. The minimum absolute atomic E-state index is 0. The molecule has 0 radical (unpaired) electrons. The highest BCUT2D eigenvalue weighted by molar-refractivity contribution is 6.13. The van der Waals surface area contributed by atoms with Gasteiger partial charge < -0.3 is 28.6 Å². The van der Waals surface area contributed by atoms with Crippen LogP contribution in [0.15, 0.2) is 103 Å². The number of carbonyl (C=O) groups excluding carboxylic acids is 2. The van der Waals surface area contributed by atoms with Gasteiger partial charge in [-0.05, 0) is 98.0 Å². The molecule has 1 N–H and O–H groups in total. The average Bonchev–Trinajstić information content (AvgIpc) is 3.81. The number of hydrogen-bond acceptors (Lipinski definition) is 6. The van der Waals surface area contributed by atoms with E-state index in [1.54, 1.807) is 36.3 Å². The number of rotatable bonds is 8. The first-order chi connectivity index (χ1) is 27.4. The number of hydrogen-bond donors (Lipinski definition) is 1. The molecule has 5 heterocycles. The Kier molecular flexibility index (Phi) is 10.8. The summed E-state index contributed by atoms with van der Waals surface area (Å²) in [5.41, 5.74) is 8.65. The maximum atomic E-state index is 15.1. The number of aromatic nitrogens is 2. The van der Waals surface area contributed by atoms with E-state index in [2.05, 4.69) is 25.0 Å². The molecule has 3 aliphatic rings. The van der Waals surface area contributed by atoms with Gasteiger partial charge in [0.15, 0.2) is 0 Å². The Morgan fingerprint density at radius 1 is 0.877 bits per heavy atom. The van der Waals surface area contributed by atoms with Crippen molar-refractivity contribution in [3.63, 3.8) is 0 Å². The van der Waals surface area contributed by atoms with E-state index in [9.17, 15) is 5.11 Å². The zero-order chi connectivity index (χ0) is 38.3. The first-order valence-electron chi connectivity index (χ1n) is 19.6. The Hall–Kier alpha value is -5.55. The van der Waals surface area contributed by atoms with Crippen molar-refractivity contribution < 1.29 is 24.2 Å². The van der Waals surface area contributed by atoms with Crippen LogP contribution in [0.5, 0.6) is 11.5 Å². The van der Waals surface area contributed by atoms with Crippen LogP contribution in [-0.2, 0) is 37.7 Å². The summed E-state index contributed by atoms with van der Waals surface area (Å²) in [5, 5.41) is 11.2. The van der Waals surface area contributed by atoms with E-state index in [-0.39, 0.29) is 36.0 Å². The molecule has 0 spiro atoms. The lowest BCUT2D eigenvalue weighted by Crippen LogP contribution is -2.52. The van der Waals surface area contributed by atoms with Crippen LogP contribution in [0.25, 0.3) is 22.2 Å². The SMILES string of the molecule is COc1cccc2c1C[C@@H](CN1CCOCC1)N(C(=O)c1ccccc1-c1cc(C(=O)N(c3ccc(O)cc3)c3ccc4c(ccn4C)c3)c3n1CCCC3)C2.Cl. The Bertz CT molecular complexity index is 2430. The van der Waals surface area contributed by atoms with Gasteiger partial charge >= 0.3 is 0 Å². The molecule has 4 aromatic carbocycles. The van der Waals surface area contributed by atoms with E-state index in [0.29, 0.717) is 43.0 Å². The molecule has 294 valence electrons. The van der Waals surface area contributed by atoms with Gasteiger partial charge in [-0.15, -0.1) is 12.4 Å². The number of amides is 2. The van der Waals surface area contributed by atoms with Gasteiger partial charge in [0.1, 0.15) is 11.5 Å². The van der Waals surface area contributed by atoms with Crippen molar-refractivity contribution in [2.24, 2.45) is 7.05 Å². The summed E-state index contributed by atoms with van der Waals surface area (Å²) in [5.74, 6) is 0.823. The summed E-state index contributed by atoms with van der Waals surface area (Å²) in [7, 11) is 3.72. The lowest BCUT2D eigenvalue weighted by atomic mass is 9.91. The van der Waals surface area contributed by atoms with Gasteiger partial charge in [-0.3, -0.25) is 19.4 Å². The second-order valence-corrected chi connectivity index (χ2v) is 15.2. The average molecular weight is 786 g/mol. The number of aryl methyl sites for hydroxylation is 1. The van der Waals surface area contributed by atoms with E-state index in [1.807, 2.05) is 80.0 Å². The molecule has 0 unspecified atom stereocenters. The highest BCUT2D eigenvalue weighted by Gasteiger charge is 2.36. The molecule has 3 aliphatic heterocycles. The molecule has 57 heavy (non-hydrogen) atoms. The summed E-state index contributed by atoms with van der Waals surface area (Å²) < 4.78 is 15.8. The van der Waals surface area contributed by atoms with Crippen molar-refractivity contribution in [3.05, 3.63) is 131 Å². The van der Waals surface area contributed by atoms with E-state index in [0.717, 1.165) is 90.3 Å². The zero-order valence-electron chi connectivity index (χ0n) is 32.4. The largest absolute Gasteiger partial charge is 0.508 e. The van der Waals surface area contributed by atoms with E-state index >= 15 is 9.59 Å². The molecule has 2 aromatic heterocycles. The summed E-state index contributed by atoms with van der Waals surface area (Å²) in [6, 6.07) is 30.8. The zero-order valence-corrected chi connectivity index (χ0v) is 33.2. The number of aromatic hydroxyl groups is 1. The Morgan fingerprint density at radius 3 is 2.47 bits per heavy atom. The molecule has 2 amide bonds. The monoisotopic (exact) mass is 785 g/mol. The number of nitrogens with zero attached hydrogens (tertiary/aromatic N) is 5. The summed E-state index contributed by atoms with van der Waals surface area (Å²) in [4.78, 5) is 36.4. The molecule has 1 saturated heterocycles. The van der Waals surface area contributed by atoms with Gasteiger partial charge in [-0.2, -0.15) is 0 Å². The third-order valence-corrected chi connectivity index (χ3v) is 11.9. The number of anilines is 2. The summed E-state index contributed by atoms with van der Waals surface area (Å²) in [6.45, 7) is 5.03. The van der Waals surface area contributed by atoms with Crippen LogP contribution in [0.4, 0.5) is 11.4 Å². The fourth-order valence-corrected chi connectivity index (χ4v) is 8.97. The first kappa shape index (κ1) is 38.3. The highest BCUT2D eigenvalue weighted by atomic mass is 35.5. The van der Waals surface area contributed by atoms with Crippen LogP contribution in [0.2, 0.25) is 0 Å². The number of carbonyl (C=O) groups is 2. The van der Waals surface area contributed by atoms with Crippen molar-refractivity contribution >= 4 is 46.5 Å². The summed E-state index contributed by atoms with van der Waals surface area (Å²) >= 11 is 0. The molecule has 0 saturated carbocycles. The quantitative estimate of drug-likeness (QED) is 0.168. The maximum absolute atomic E-state index is 15.1. The number of methoxy groups -OCH3 is 1. The van der Waals surface area contributed by atoms with Crippen molar-refractivity contribution in [2.75, 3.05) is 44.9 Å². The van der Waals surface area contributed by atoms with E-state index in [1.165, 1.54) is 5.56 Å². The Balaban J connectivity index is 0.00000455. The van der Waals surface area contributed by atoms with Crippen LogP contribution in [0.3, 0.4) is 0 Å². The van der Waals surface area contributed by atoms with Gasteiger partial charge in [0.2, 0.25) is 0 Å². The predicted octanol–water partition coefficient (Wildman–Crippen LogP) is 8.00. The molecule has 11 heteroatoms. The molecule has 0 aliphatic carbocycles. The number of benzene rings is 4. The first-order valence-corrected chi connectivity index (χ1v) is 19.6. The van der Waals surface area contributed by atoms with Gasteiger partial charge in [0.25, 0.3) is 11.8 Å². The smallest absolute Gasteiger partial charge is 0.264 e. The Morgan fingerprint density at radius 2 is 1.67 bits per heavy atom. The van der Waals surface area contributed by atoms with Gasteiger partial charge in [-0.1, -0.05) is 30.3 Å². The Labute approximate surface area is 339 Å². The van der Waals surface area contributed by atoms with Gasteiger partial charge in [-0.25, -0.2) is 0 Å². The molecule has 6 aromatic rings. The molecule has 1 atom stereocenters. The summed E-state index contributed by atoms with van der Waals surface area (Å²) in [6.07, 6.45) is 5.42. The fourth-order valence-electron chi connectivity index (χ4n) is 8.97.